The summed E-state index contributed by atoms with van der Waals surface area (Å²) >= 11 is 1.20. The topological polar surface area (TPSA) is 90.4 Å². The lowest BCUT2D eigenvalue weighted by atomic mass is 10.3. The molecule has 7 nitrogen and oxygen atoms in total. The van der Waals surface area contributed by atoms with Crippen molar-refractivity contribution in [1.29, 1.82) is 0 Å². The second-order valence-electron chi connectivity index (χ2n) is 6.61. The zero-order valence-electron chi connectivity index (χ0n) is 16.9. The van der Waals surface area contributed by atoms with Crippen molar-refractivity contribution in [2.24, 2.45) is 0 Å². The number of esters is 1. The van der Waals surface area contributed by atoms with Gasteiger partial charge in [-0.25, -0.2) is 4.98 Å². The summed E-state index contributed by atoms with van der Waals surface area (Å²) in [6.45, 7) is -0.400. The minimum absolute atomic E-state index is 0.0218. The predicted molar refractivity (Wildman–Crippen MR) is 123 cm³/mol. The van der Waals surface area contributed by atoms with E-state index in [0.29, 0.717) is 22.2 Å². The number of amides is 1. The minimum Gasteiger partial charge on any atom is -0.455 e. The summed E-state index contributed by atoms with van der Waals surface area (Å²) in [4.78, 5) is 33.1. The largest absolute Gasteiger partial charge is 0.455 e. The van der Waals surface area contributed by atoms with Crippen molar-refractivity contribution >= 4 is 40.4 Å². The predicted octanol–water partition coefficient (Wildman–Crippen LogP) is 4.70. The van der Waals surface area contributed by atoms with Crippen LogP contribution in [0.3, 0.4) is 0 Å². The molecule has 0 saturated heterocycles. The molecule has 1 heterocycles. The SMILES string of the molecule is O=C(COC(=O)CSc1cnc2ccccc2n1)Nc1ccccc1Oc1ccccc1. The summed E-state index contributed by atoms with van der Waals surface area (Å²) in [6, 6.07) is 23.8. The molecule has 0 unspecified atom stereocenters. The Kier molecular flexibility index (Phi) is 6.94. The molecule has 1 aromatic heterocycles. The fourth-order valence-corrected chi connectivity index (χ4v) is 3.43. The maximum absolute atomic E-state index is 12.3. The highest BCUT2D eigenvalue weighted by molar-refractivity contribution is 7.99. The van der Waals surface area contributed by atoms with E-state index in [-0.39, 0.29) is 5.75 Å². The van der Waals surface area contributed by atoms with Gasteiger partial charge >= 0.3 is 5.97 Å². The van der Waals surface area contributed by atoms with Crippen LogP contribution in [0, 0.1) is 0 Å². The molecule has 0 saturated carbocycles. The van der Waals surface area contributed by atoms with Crippen LogP contribution in [0.2, 0.25) is 0 Å². The number of benzene rings is 3. The Hall–Kier alpha value is -3.91. The number of aromatic nitrogens is 2. The van der Waals surface area contributed by atoms with Crippen LogP contribution in [0.25, 0.3) is 11.0 Å². The zero-order valence-corrected chi connectivity index (χ0v) is 17.7. The Balaban J connectivity index is 1.27. The van der Waals surface area contributed by atoms with Crippen LogP contribution in [0.15, 0.2) is 90.1 Å². The van der Waals surface area contributed by atoms with Crippen LogP contribution in [0.1, 0.15) is 0 Å². The summed E-state index contributed by atoms with van der Waals surface area (Å²) in [5.74, 6) is 0.179. The van der Waals surface area contributed by atoms with E-state index in [1.54, 1.807) is 30.5 Å². The third-order valence-electron chi connectivity index (χ3n) is 4.26. The van der Waals surface area contributed by atoms with Gasteiger partial charge in [0, 0.05) is 0 Å². The molecule has 0 aliphatic heterocycles. The van der Waals surface area contributed by atoms with E-state index in [9.17, 15) is 9.59 Å². The van der Waals surface area contributed by atoms with E-state index in [1.165, 1.54) is 11.8 Å². The Morgan fingerprint density at radius 3 is 2.44 bits per heavy atom. The van der Waals surface area contributed by atoms with Gasteiger partial charge in [0.1, 0.15) is 10.8 Å². The number of rotatable bonds is 8. The second-order valence-corrected chi connectivity index (χ2v) is 7.60. The smallest absolute Gasteiger partial charge is 0.316 e. The number of thioether (sulfide) groups is 1. The van der Waals surface area contributed by atoms with Gasteiger partial charge in [-0.15, -0.1) is 0 Å². The molecule has 4 aromatic rings. The first-order valence-corrected chi connectivity index (χ1v) is 10.8. The molecule has 0 fully saturated rings. The van der Waals surface area contributed by atoms with Crippen molar-refractivity contribution < 1.29 is 19.1 Å². The number of hydrogen-bond acceptors (Lipinski definition) is 7. The minimum atomic E-state index is -0.520. The average molecular weight is 446 g/mol. The third kappa shape index (κ3) is 5.83. The normalized spacial score (nSPS) is 10.5. The lowest BCUT2D eigenvalue weighted by molar-refractivity contribution is -0.144. The van der Waals surface area contributed by atoms with Crippen LogP contribution in [-0.2, 0) is 14.3 Å². The first-order chi connectivity index (χ1) is 15.7. The van der Waals surface area contributed by atoms with E-state index >= 15 is 0 Å². The Morgan fingerprint density at radius 1 is 0.875 bits per heavy atom. The van der Waals surface area contributed by atoms with Crippen LogP contribution in [-0.4, -0.2) is 34.2 Å². The number of carbonyl (C=O) groups excluding carboxylic acids is 2. The average Bonchev–Trinajstić information content (AvgIpc) is 2.83. The molecule has 0 radical (unpaired) electrons. The zero-order chi connectivity index (χ0) is 22.2. The van der Waals surface area contributed by atoms with Crippen LogP contribution < -0.4 is 10.1 Å². The van der Waals surface area contributed by atoms with Crippen LogP contribution in [0.5, 0.6) is 11.5 Å². The number of ether oxygens (including phenoxy) is 2. The summed E-state index contributed by atoms with van der Waals surface area (Å²) in [5.41, 5.74) is 2.02. The molecule has 0 spiro atoms. The number of nitrogens with zero attached hydrogens (tertiary/aromatic N) is 2. The lowest BCUT2D eigenvalue weighted by Crippen LogP contribution is -2.21. The van der Waals surface area contributed by atoms with E-state index < -0.39 is 18.5 Å². The first kappa shape index (κ1) is 21.3. The molecule has 0 aliphatic rings. The van der Waals surface area contributed by atoms with Gasteiger partial charge in [0.15, 0.2) is 12.4 Å². The number of anilines is 1. The van der Waals surface area contributed by atoms with Crippen LogP contribution in [0.4, 0.5) is 5.69 Å². The number of carbonyl (C=O) groups is 2. The van der Waals surface area contributed by atoms with E-state index in [1.807, 2.05) is 54.6 Å². The molecule has 1 amide bonds. The van der Waals surface area contributed by atoms with Crippen molar-refractivity contribution in [2.45, 2.75) is 5.03 Å². The van der Waals surface area contributed by atoms with Crippen molar-refractivity contribution in [1.82, 2.24) is 9.97 Å². The molecular weight excluding hydrogens is 426 g/mol. The monoisotopic (exact) mass is 445 g/mol. The van der Waals surface area contributed by atoms with Gasteiger partial charge in [0.2, 0.25) is 0 Å². The fourth-order valence-electron chi connectivity index (χ4n) is 2.79. The quantitative estimate of drug-likeness (QED) is 0.311. The molecule has 0 aliphatic carbocycles. The third-order valence-corrected chi connectivity index (χ3v) is 5.13. The number of fused-ring (bicyclic) bond motifs is 1. The van der Waals surface area contributed by atoms with Crippen molar-refractivity contribution in [2.75, 3.05) is 17.7 Å². The number of nitrogens with one attached hydrogen (secondary N) is 1. The summed E-state index contributed by atoms with van der Waals surface area (Å²) in [6.07, 6.45) is 1.61. The van der Waals surface area contributed by atoms with Crippen molar-refractivity contribution in [3.63, 3.8) is 0 Å². The molecule has 0 atom stereocenters. The summed E-state index contributed by atoms with van der Waals surface area (Å²) in [7, 11) is 0. The van der Waals surface area contributed by atoms with Gasteiger partial charge < -0.3 is 14.8 Å². The van der Waals surface area contributed by atoms with Gasteiger partial charge in [0.05, 0.1) is 28.7 Å². The van der Waals surface area contributed by atoms with Crippen LogP contribution >= 0.6 is 11.8 Å². The molecule has 1 N–H and O–H groups in total. The van der Waals surface area contributed by atoms with Gasteiger partial charge in [0.25, 0.3) is 5.91 Å². The van der Waals surface area contributed by atoms with Crippen molar-refractivity contribution in [3.8, 4) is 11.5 Å². The van der Waals surface area contributed by atoms with Gasteiger partial charge in [-0.05, 0) is 36.4 Å². The highest BCUT2D eigenvalue weighted by Gasteiger charge is 2.12. The molecule has 32 heavy (non-hydrogen) atoms. The molecular formula is C24H19N3O4S. The molecule has 8 heteroatoms. The molecule has 0 bridgehead atoms. The molecule has 160 valence electrons. The summed E-state index contributed by atoms with van der Waals surface area (Å²) < 4.78 is 10.9. The van der Waals surface area contributed by atoms with Gasteiger partial charge in [-0.1, -0.05) is 54.2 Å². The highest BCUT2D eigenvalue weighted by Crippen LogP contribution is 2.29. The van der Waals surface area contributed by atoms with E-state index in [4.69, 9.17) is 9.47 Å². The highest BCUT2D eigenvalue weighted by atomic mass is 32.2. The number of para-hydroxylation sites is 5. The Morgan fingerprint density at radius 2 is 1.59 bits per heavy atom. The van der Waals surface area contributed by atoms with Gasteiger partial charge in [-0.3, -0.25) is 14.6 Å². The molecule has 3 aromatic carbocycles. The van der Waals surface area contributed by atoms with Crippen molar-refractivity contribution in [3.05, 3.63) is 85.1 Å². The second kappa shape index (κ2) is 10.4. The first-order valence-electron chi connectivity index (χ1n) is 9.79. The van der Waals surface area contributed by atoms with E-state index in [0.717, 1.165) is 11.0 Å². The molecule has 4 rings (SSSR count). The Bertz CT molecular complexity index is 1230. The lowest BCUT2D eigenvalue weighted by Gasteiger charge is -2.12. The fraction of sp³-hybridized carbons (Fsp3) is 0.0833. The Labute approximate surface area is 188 Å². The number of hydrogen-bond donors (Lipinski definition) is 1. The summed E-state index contributed by atoms with van der Waals surface area (Å²) in [5, 5.41) is 3.32. The maximum atomic E-state index is 12.3. The maximum Gasteiger partial charge on any atom is 0.316 e. The van der Waals surface area contributed by atoms with Gasteiger partial charge in [-0.2, -0.15) is 0 Å². The van der Waals surface area contributed by atoms with E-state index in [2.05, 4.69) is 15.3 Å². The standard InChI is InChI=1S/C24H19N3O4S/c28-22(26-20-12-6-7-13-21(20)31-17-8-2-1-3-9-17)15-30-24(29)16-32-23-14-25-18-10-4-5-11-19(18)27-23/h1-14H,15-16H2,(H,26,28).